The number of esters is 1. The summed E-state index contributed by atoms with van der Waals surface area (Å²) in [6, 6.07) is 23.8. The van der Waals surface area contributed by atoms with Crippen molar-refractivity contribution < 1.29 is 19.2 Å². The molecular formula is C22H17NO5S. The summed E-state index contributed by atoms with van der Waals surface area (Å²) >= 11 is 1.34. The van der Waals surface area contributed by atoms with Crippen LogP contribution in [0.3, 0.4) is 0 Å². The number of hydrogen-bond acceptors (Lipinski definition) is 6. The predicted octanol–water partition coefficient (Wildman–Crippen LogP) is 4.85. The van der Waals surface area contributed by atoms with Crippen molar-refractivity contribution in [2.45, 2.75) is 10.1 Å². The van der Waals surface area contributed by atoms with Crippen molar-refractivity contribution in [1.82, 2.24) is 0 Å². The molecule has 0 aliphatic rings. The minimum atomic E-state index is -0.622. The number of ketones is 1. The number of hydrogen-bond donors (Lipinski definition) is 0. The zero-order valence-corrected chi connectivity index (χ0v) is 16.1. The molecule has 1 atom stereocenters. The van der Waals surface area contributed by atoms with Gasteiger partial charge >= 0.3 is 5.97 Å². The van der Waals surface area contributed by atoms with Crippen LogP contribution < -0.4 is 0 Å². The van der Waals surface area contributed by atoms with Crippen LogP contribution in [0, 0.1) is 10.1 Å². The molecule has 0 radical (unpaired) electrons. The third-order valence-corrected chi connectivity index (χ3v) is 5.30. The van der Waals surface area contributed by atoms with E-state index in [4.69, 9.17) is 4.74 Å². The summed E-state index contributed by atoms with van der Waals surface area (Å²) in [5, 5.41) is 10.1. The second-order valence-corrected chi connectivity index (χ2v) is 7.24. The van der Waals surface area contributed by atoms with Gasteiger partial charge in [-0.25, -0.2) is 0 Å². The molecule has 0 heterocycles. The first kappa shape index (κ1) is 20.3. The van der Waals surface area contributed by atoms with Crippen LogP contribution in [0.1, 0.15) is 21.2 Å². The third kappa shape index (κ3) is 5.52. The lowest BCUT2D eigenvalue weighted by Crippen LogP contribution is -2.18. The average Bonchev–Trinajstić information content (AvgIpc) is 2.77. The summed E-state index contributed by atoms with van der Waals surface area (Å²) in [5.74, 6) is -0.954. The van der Waals surface area contributed by atoms with E-state index in [-0.39, 0.29) is 11.3 Å². The van der Waals surface area contributed by atoms with E-state index < -0.39 is 28.5 Å². The Hall–Kier alpha value is -3.45. The summed E-state index contributed by atoms with van der Waals surface area (Å²) in [7, 11) is 0. The lowest BCUT2D eigenvalue weighted by Gasteiger charge is -2.16. The fourth-order valence-corrected chi connectivity index (χ4v) is 3.62. The molecule has 146 valence electrons. The topological polar surface area (TPSA) is 86.5 Å². The van der Waals surface area contributed by atoms with Gasteiger partial charge in [-0.2, -0.15) is 0 Å². The molecule has 7 heteroatoms. The molecule has 0 N–H and O–H groups in total. The molecule has 0 fully saturated rings. The number of nitrogens with zero attached hydrogens (tertiary/aromatic N) is 1. The van der Waals surface area contributed by atoms with E-state index >= 15 is 0 Å². The van der Waals surface area contributed by atoms with Crippen molar-refractivity contribution in [2.75, 3.05) is 6.61 Å². The average molecular weight is 407 g/mol. The summed E-state index contributed by atoms with van der Waals surface area (Å²) in [5.41, 5.74) is 0.909. The Morgan fingerprint density at radius 1 is 0.897 bits per heavy atom. The quantitative estimate of drug-likeness (QED) is 0.174. The molecule has 29 heavy (non-hydrogen) atoms. The Bertz CT molecular complexity index is 991. The van der Waals surface area contributed by atoms with Crippen molar-refractivity contribution >= 4 is 29.2 Å². The van der Waals surface area contributed by atoms with E-state index in [2.05, 4.69) is 0 Å². The monoisotopic (exact) mass is 407 g/mol. The van der Waals surface area contributed by atoms with Crippen molar-refractivity contribution in [2.24, 2.45) is 0 Å². The molecule has 3 aromatic carbocycles. The lowest BCUT2D eigenvalue weighted by molar-refractivity contribution is -0.384. The van der Waals surface area contributed by atoms with E-state index in [1.807, 2.05) is 60.7 Å². The molecule has 0 saturated heterocycles. The number of rotatable bonds is 8. The van der Waals surface area contributed by atoms with Gasteiger partial charge in [0, 0.05) is 22.6 Å². The van der Waals surface area contributed by atoms with E-state index in [0.29, 0.717) is 0 Å². The van der Waals surface area contributed by atoms with E-state index in [1.165, 1.54) is 36.0 Å². The van der Waals surface area contributed by atoms with Crippen molar-refractivity contribution in [1.29, 1.82) is 0 Å². The number of Topliss-reactive ketones (excluding diaryl/α,β-unsaturated/α-hetero) is 1. The Kier molecular flexibility index (Phi) is 6.76. The number of carbonyl (C=O) groups excluding carboxylic acids is 2. The number of nitro benzene ring substituents is 1. The van der Waals surface area contributed by atoms with E-state index in [1.54, 1.807) is 0 Å². The highest BCUT2D eigenvalue weighted by Gasteiger charge is 2.24. The number of thioether (sulfide) groups is 1. The molecule has 0 aliphatic heterocycles. The van der Waals surface area contributed by atoms with Gasteiger partial charge in [-0.05, 0) is 29.8 Å². The second kappa shape index (κ2) is 9.66. The van der Waals surface area contributed by atoms with Gasteiger partial charge in [0.05, 0.1) is 4.92 Å². The van der Waals surface area contributed by atoms with Gasteiger partial charge in [0.25, 0.3) is 5.69 Å². The maximum Gasteiger partial charge on any atom is 0.324 e. The Morgan fingerprint density at radius 3 is 2.07 bits per heavy atom. The van der Waals surface area contributed by atoms with Crippen LogP contribution in [0.2, 0.25) is 0 Å². The van der Waals surface area contributed by atoms with Gasteiger partial charge < -0.3 is 4.74 Å². The molecule has 0 spiro atoms. The highest BCUT2D eigenvalue weighted by atomic mass is 32.2. The lowest BCUT2D eigenvalue weighted by atomic mass is 10.1. The molecule has 0 aliphatic carbocycles. The summed E-state index contributed by atoms with van der Waals surface area (Å²) in [6.07, 6.45) is 0. The van der Waals surface area contributed by atoms with Crippen LogP contribution in [0.4, 0.5) is 5.69 Å². The number of carbonyl (C=O) groups is 2. The standard InChI is InChI=1S/C22H17NO5S/c24-20(16-11-13-18(14-12-16)23(26)27)15-28-22(25)21(17-7-3-1-4-8-17)29-19-9-5-2-6-10-19/h1-14,21H,15H2/t21-/m0/s1. The summed E-state index contributed by atoms with van der Waals surface area (Å²) in [6.45, 7) is -0.435. The SMILES string of the molecule is O=C(COC(=O)[C@@H](Sc1ccccc1)c1ccccc1)c1ccc([N+](=O)[O-])cc1. The zero-order chi connectivity index (χ0) is 20.6. The minimum absolute atomic E-state index is 0.109. The molecule has 0 saturated carbocycles. The molecule has 3 aromatic rings. The first-order valence-corrected chi connectivity index (χ1v) is 9.63. The third-order valence-electron chi connectivity index (χ3n) is 4.06. The maximum absolute atomic E-state index is 12.7. The predicted molar refractivity (Wildman–Crippen MR) is 110 cm³/mol. The number of ether oxygens (including phenoxy) is 1. The molecule has 0 bridgehead atoms. The fourth-order valence-electron chi connectivity index (χ4n) is 2.58. The number of non-ortho nitro benzene ring substituents is 1. The van der Waals surface area contributed by atoms with Crippen molar-refractivity contribution in [3.8, 4) is 0 Å². The maximum atomic E-state index is 12.7. The minimum Gasteiger partial charge on any atom is -0.456 e. The molecule has 0 unspecified atom stereocenters. The first-order valence-electron chi connectivity index (χ1n) is 8.75. The number of benzene rings is 3. The van der Waals surface area contributed by atoms with Crippen LogP contribution in [0.15, 0.2) is 89.8 Å². The van der Waals surface area contributed by atoms with E-state index in [9.17, 15) is 19.7 Å². The summed E-state index contributed by atoms with van der Waals surface area (Å²) < 4.78 is 5.28. The molecule has 0 amide bonds. The molecule has 3 rings (SSSR count). The molecule has 6 nitrogen and oxygen atoms in total. The van der Waals surface area contributed by atoms with Crippen LogP contribution in [-0.4, -0.2) is 23.3 Å². The van der Waals surface area contributed by atoms with Gasteiger partial charge in [0.2, 0.25) is 0 Å². The smallest absolute Gasteiger partial charge is 0.324 e. The Morgan fingerprint density at radius 2 is 1.48 bits per heavy atom. The van der Waals surface area contributed by atoms with Crippen molar-refractivity contribution in [3.05, 3.63) is 106 Å². The van der Waals surface area contributed by atoms with Gasteiger partial charge in [-0.3, -0.25) is 19.7 Å². The molecular weight excluding hydrogens is 390 g/mol. The zero-order valence-electron chi connectivity index (χ0n) is 15.3. The van der Waals surface area contributed by atoms with Gasteiger partial charge in [0.1, 0.15) is 5.25 Å². The highest BCUT2D eigenvalue weighted by Crippen LogP contribution is 2.36. The van der Waals surface area contributed by atoms with Crippen molar-refractivity contribution in [3.63, 3.8) is 0 Å². The van der Waals surface area contributed by atoms with Gasteiger partial charge in [-0.1, -0.05) is 48.5 Å². The fraction of sp³-hybridized carbons (Fsp3) is 0.0909. The normalized spacial score (nSPS) is 11.4. The Balaban J connectivity index is 1.69. The van der Waals surface area contributed by atoms with E-state index in [0.717, 1.165) is 10.5 Å². The number of nitro groups is 1. The van der Waals surface area contributed by atoms with Crippen LogP contribution in [0.5, 0.6) is 0 Å². The Labute approximate surface area is 171 Å². The van der Waals surface area contributed by atoms with Crippen LogP contribution >= 0.6 is 11.8 Å². The molecule has 0 aromatic heterocycles. The van der Waals surface area contributed by atoms with Gasteiger partial charge in [-0.15, -0.1) is 11.8 Å². The largest absolute Gasteiger partial charge is 0.456 e. The highest BCUT2D eigenvalue weighted by molar-refractivity contribution is 8.00. The second-order valence-electron chi connectivity index (χ2n) is 6.06. The van der Waals surface area contributed by atoms with Crippen LogP contribution in [0.25, 0.3) is 0 Å². The van der Waals surface area contributed by atoms with Crippen LogP contribution in [-0.2, 0) is 9.53 Å². The first-order chi connectivity index (χ1) is 14.0. The van der Waals surface area contributed by atoms with Gasteiger partial charge in [0.15, 0.2) is 12.4 Å². The summed E-state index contributed by atoms with van der Waals surface area (Å²) in [4.78, 5) is 36.1.